The van der Waals surface area contributed by atoms with Gasteiger partial charge in [-0.15, -0.1) is 0 Å². The van der Waals surface area contributed by atoms with E-state index in [1.807, 2.05) is 12.1 Å². The summed E-state index contributed by atoms with van der Waals surface area (Å²) in [5.74, 6) is 0.634. The first-order valence-corrected chi connectivity index (χ1v) is 11.1. The van der Waals surface area contributed by atoms with E-state index in [4.69, 9.17) is 0 Å². The lowest BCUT2D eigenvalue weighted by Crippen LogP contribution is -2.50. The Morgan fingerprint density at radius 2 is 1.86 bits per heavy atom. The maximum absolute atomic E-state index is 11.0. The maximum atomic E-state index is 11.0. The van der Waals surface area contributed by atoms with Crippen molar-refractivity contribution >= 4 is 12.4 Å². The average Bonchev–Trinajstić information content (AvgIpc) is 3.33. The van der Waals surface area contributed by atoms with E-state index in [0.717, 1.165) is 11.8 Å². The molecule has 2 aromatic carbocycles. The van der Waals surface area contributed by atoms with Gasteiger partial charge in [-0.1, -0.05) is 74.5 Å². The second-order valence-corrected chi connectivity index (χ2v) is 9.80. The van der Waals surface area contributed by atoms with Crippen LogP contribution in [0.15, 0.2) is 54.6 Å². The molecule has 2 aromatic rings. The Kier molecular flexibility index (Phi) is 4.51. The third kappa shape index (κ3) is 3.00. The van der Waals surface area contributed by atoms with E-state index in [-0.39, 0.29) is 10.8 Å². The van der Waals surface area contributed by atoms with Crippen LogP contribution in [0, 0.1) is 5.92 Å². The van der Waals surface area contributed by atoms with E-state index in [2.05, 4.69) is 67.3 Å². The van der Waals surface area contributed by atoms with Crippen LogP contribution < -0.4 is 0 Å². The molecule has 2 fully saturated rings. The number of carbonyl (C=O) groups excluding carboxylic acids is 1. The summed E-state index contributed by atoms with van der Waals surface area (Å²) in [7, 11) is 0. The zero-order valence-corrected chi connectivity index (χ0v) is 17.6. The van der Waals surface area contributed by atoms with Gasteiger partial charge in [0.1, 0.15) is 6.29 Å². The van der Waals surface area contributed by atoms with Crippen molar-refractivity contribution in [3.05, 3.63) is 76.9 Å². The first kappa shape index (κ1) is 18.8. The number of carbonyl (C=O) groups is 1. The Bertz CT molecular complexity index is 945. The maximum Gasteiger partial charge on any atom is 0.150 e. The van der Waals surface area contributed by atoms with Crippen molar-refractivity contribution in [1.29, 1.82) is 0 Å². The zero-order valence-electron chi connectivity index (χ0n) is 17.6. The highest BCUT2D eigenvalue weighted by molar-refractivity contribution is 5.74. The molecule has 3 aliphatic rings. The summed E-state index contributed by atoms with van der Waals surface area (Å²) in [6.45, 7) is 7.23. The molecule has 0 radical (unpaired) electrons. The van der Waals surface area contributed by atoms with Crippen molar-refractivity contribution in [3.63, 3.8) is 0 Å². The number of likely N-dealkylation sites (tertiary alicyclic amines) is 1. The molecule has 1 saturated carbocycles. The molecule has 1 saturated heterocycles. The molecule has 1 heterocycles. The average molecular weight is 386 g/mol. The largest absolute Gasteiger partial charge is 0.300 e. The Morgan fingerprint density at radius 1 is 1.07 bits per heavy atom. The van der Waals surface area contributed by atoms with Gasteiger partial charge >= 0.3 is 0 Å². The number of rotatable bonds is 3. The van der Waals surface area contributed by atoms with E-state index >= 15 is 0 Å². The fraction of sp³-hybridized carbons (Fsp3) is 0.444. The van der Waals surface area contributed by atoms with E-state index in [1.165, 1.54) is 49.9 Å². The topological polar surface area (TPSA) is 20.3 Å². The van der Waals surface area contributed by atoms with Gasteiger partial charge in [-0.05, 0) is 60.3 Å². The molecule has 150 valence electrons. The minimum Gasteiger partial charge on any atom is -0.300 e. The lowest BCUT2D eigenvalue weighted by molar-refractivity contribution is 0.0879. The van der Waals surface area contributed by atoms with Crippen LogP contribution in [0.3, 0.4) is 0 Å². The van der Waals surface area contributed by atoms with Crippen molar-refractivity contribution < 1.29 is 4.79 Å². The molecular formula is C27H31NO. The monoisotopic (exact) mass is 385 g/mol. The van der Waals surface area contributed by atoms with E-state index in [0.29, 0.717) is 12.0 Å². The highest BCUT2D eigenvalue weighted by Crippen LogP contribution is 2.49. The van der Waals surface area contributed by atoms with Crippen LogP contribution in [0.1, 0.15) is 66.6 Å². The minimum absolute atomic E-state index is 0.227. The standard InChI is InChI=1S/C27H31NO/c1-20-18-28(16-15-27(20)14-11-22-5-3-4-6-25(22)27)24-12-13-26(2,17-24)23-9-7-21(19-29)8-10-23/h3-11,14,19-20,24H,12-13,15-18H2,1-2H3/t20-,24?,26?,27?/m0/s1. The lowest BCUT2D eigenvalue weighted by atomic mass is 9.67. The molecular weight excluding hydrogens is 354 g/mol. The van der Waals surface area contributed by atoms with E-state index in [9.17, 15) is 4.79 Å². The van der Waals surface area contributed by atoms with Crippen LogP contribution in [-0.2, 0) is 10.8 Å². The van der Waals surface area contributed by atoms with Gasteiger partial charge in [0.15, 0.2) is 0 Å². The molecule has 0 aromatic heterocycles. The van der Waals surface area contributed by atoms with Gasteiger partial charge in [0.2, 0.25) is 0 Å². The third-order valence-electron chi connectivity index (χ3n) is 8.20. The van der Waals surface area contributed by atoms with Crippen molar-refractivity contribution in [2.75, 3.05) is 13.1 Å². The zero-order chi connectivity index (χ0) is 20.1. The van der Waals surface area contributed by atoms with E-state index < -0.39 is 0 Å². The number of nitrogens with zero attached hydrogens (tertiary/aromatic N) is 1. The molecule has 0 N–H and O–H groups in total. The van der Waals surface area contributed by atoms with Crippen LogP contribution in [0.5, 0.6) is 0 Å². The summed E-state index contributed by atoms with van der Waals surface area (Å²) in [5, 5.41) is 0. The smallest absolute Gasteiger partial charge is 0.150 e. The fourth-order valence-corrected chi connectivity index (χ4v) is 6.30. The Labute approximate surface area is 174 Å². The Morgan fingerprint density at radius 3 is 2.62 bits per heavy atom. The van der Waals surface area contributed by atoms with Crippen LogP contribution in [0.4, 0.5) is 0 Å². The van der Waals surface area contributed by atoms with Gasteiger partial charge in [-0.2, -0.15) is 0 Å². The summed E-state index contributed by atoms with van der Waals surface area (Å²) in [5.41, 5.74) is 5.58. The molecule has 1 spiro atoms. The highest BCUT2D eigenvalue weighted by atomic mass is 16.1. The number of benzene rings is 2. The van der Waals surface area contributed by atoms with Crippen molar-refractivity contribution in [1.82, 2.24) is 4.90 Å². The van der Waals surface area contributed by atoms with E-state index in [1.54, 1.807) is 5.56 Å². The second kappa shape index (κ2) is 6.95. The third-order valence-corrected chi connectivity index (χ3v) is 8.20. The number of allylic oxidation sites excluding steroid dienone is 1. The number of piperidine rings is 1. The fourth-order valence-electron chi connectivity index (χ4n) is 6.30. The van der Waals surface area contributed by atoms with Crippen molar-refractivity contribution in [2.45, 2.75) is 56.4 Å². The lowest BCUT2D eigenvalue weighted by Gasteiger charge is -2.46. The first-order chi connectivity index (χ1) is 14.0. The van der Waals surface area contributed by atoms with Crippen LogP contribution in [0.25, 0.3) is 6.08 Å². The molecule has 1 aliphatic heterocycles. The Balaban J connectivity index is 1.30. The molecule has 0 amide bonds. The predicted molar refractivity (Wildman–Crippen MR) is 119 cm³/mol. The quantitative estimate of drug-likeness (QED) is 0.640. The van der Waals surface area contributed by atoms with Crippen LogP contribution >= 0.6 is 0 Å². The Hall–Kier alpha value is -2.19. The predicted octanol–water partition coefficient (Wildman–Crippen LogP) is 5.62. The molecule has 0 bridgehead atoms. The number of hydrogen-bond acceptors (Lipinski definition) is 2. The van der Waals surface area contributed by atoms with Gasteiger partial charge < -0.3 is 4.90 Å². The number of hydrogen-bond donors (Lipinski definition) is 0. The molecule has 4 atom stereocenters. The minimum atomic E-state index is 0.227. The van der Waals surface area contributed by atoms with Gasteiger partial charge in [-0.25, -0.2) is 0 Å². The molecule has 29 heavy (non-hydrogen) atoms. The molecule has 3 unspecified atom stereocenters. The van der Waals surface area contributed by atoms with Crippen molar-refractivity contribution in [2.24, 2.45) is 5.92 Å². The molecule has 2 aliphatic carbocycles. The highest BCUT2D eigenvalue weighted by Gasteiger charge is 2.46. The van der Waals surface area contributed by atoms with Crippen LogP contribution in [0.2, 0.25) is 0 Å². The number of aldehydes is 1. The molecule has 2 heteroatoms. The SMILES string of the molecule is C[C@H]1CN(C2CCC(C)(c3ccc(C=O)cc3)C2)CCC12C=Cc1ccccc12. The summed E-state index contributed by atoms with van der Waals surface area (Å²) in [6, 6.07) is 17.9. The summed E-state index contributed by atoms with van der Waals surface area (Å²) < 4.78 is 0. The van der Waals surface area contributed by atoms with Gasteiger partial charge in [0.05, 0.1) is 0 Å². The summed E-state index contributed by atoms with van der Waals surface area (Å²) in [4.78, 5) is 13.8. The number of fused-ring (bicyclic) bond motifs is 2. The normalized spacial score (nSPS) is 33.9. The summed E-state index contributed by atoms with van der Waals surface area (Å²) in [6.07, 6.45) is 10.7. The summed E-state index contributed by atoms with van der Waals surface area (Å²) >= 11 is 0. The van der Waals surface area contributed by atoms with Gasteiger partial charge in [-0.3, -0.25) is 4.79 Å². The van der Waals surface area contributed by atoms with Crippen LogP contribution in [-0.4, -0.2) is 30.3 Å². The van der Waals surface area contributed by atoms with Crippen molar-refractivity contribution in [3.8, 4) is 0 Å². The first-order valence-electron chi connectivity index (χ1n) is 11.1. The molecule has 5 rings (SSSR count). The second-order valence-electron chi connectivity index (χ2n) is 9.80. The van der Waals surface area contributed by atoms with Gasteiger partial charge in [0.25, 0.3) is 0 Å². The molecule has 2 nitrogen and oxygen atoms in total. The van der Waals surface area contributed by atoms with Gasteiger partial charge in [0, 0.05) is 23.6 Å².